The topological polar surface area (TPSA) is 118 Å². The maximum Gasteiger partial charge on any atom is 0.256 e. The highest BCUT2D eigenvalue weighted by Gasteiger charge is 2.18. The normalized spacial score (nSPS) is 10.4. The van der Waals surface area contributed by atoms with Crippen molar-refractivity contribution in [3.8, 4) is 5.75 Å². The van der Waals surface area contributed by atoms with Gasteiger partial charge in [0.05, 0.1) is 19.0 Å². The van der Waals surface area contributed by atoms with Crippen molar-refractivity contribution in [2.45, 2.75) is 13.5 Å². The number of rotatable bonds is 7. The number of pyridine rings is 1. The summed E-state index contributed by atoms with van der Waals surface area (Å²) in [5.41, 5.74) is 8.65. The highest BCUT2D eigenvalue weighted by Crippen LogP contribution is 2.25. The number of methoxy groups -OCH3 is 1. The number of carbonyl (C=O) groups is 1. The molecule has 8 nitrogen and oxygen atoms in total. The van der Waals surface area contributed by atoms with Crippen LogP contribution in [0, 0.1) is 6.92 Å². The van der Waals surface area contributed by atoms with Crippen molar-refractivity contribution in [2.24, 2.45) is 5.73 Å². The zero-order chi connectivity index (χ0) is 18.5. The van der Waals surface area contributed by atoms with Gasteiger partial charge in [0.1, 0.15) is 17.1 Å². The number of hydrogen-bond donors (Lipinski definition) is 4. The van der Waals surface area contributed by atoms with Gasteiger partial charge in [-0.05, 0) is 42.3 Å². The van der Waals surface area contributed by atoms with Crippen LogP contribution in [0.4, 0.5) is 17.3 Å². The number of nitrogens with one attached hydrogen (secondary N) is 3. The van der Waals surface area contributed by atoms with Crippen LogP contribution in [-0.2, 0) is 6.54 Å². The first-order valence-electron chi connectivity index (χ1n) is 8.01. The molecule has 1 amide bonds. The van der Waals surface area contributed by atoms with Crippen molar-refractivity contribution in [1.29, 1.82) is 0 Å². The number of aromatic nitrogens is 3. The summed E-state index contributed by atoms with van der Waals surface area (Å²) < 4.78 is 5.21. The van der Waals surface area contributed by atoms with Crippen molar-refractivity contribution < 1.29 is 9.53 Å². The number of H-pyrrole nitrogens is 1. The van der Waals surface area contributed by atoms with Gasteiger partial charge in [-0.15, -0.1) is 0 Å². The molecule has 0 atom stereocenters. The molecular formula is C18H20N6O2. The van der Waals surface area contributed by atoms with Gasteiger partial charge in [-0.25, -0.2) is 0 Å². The Morgan fingerprint density at radius 1 is 1.35 bits per heavy atom. The third-order valence-corrected chi connectivity index (χ3v) is 3.94. The molecule has 3 aromatic rings. The maximum atomic E-state index is 11.9. The Hall–Kier alpha value is -3.55. The fourth-order valence-corrected chi connectivity index (χ4v) is 2.55. The van der Waals surface area contributed by atoms with Gasteiger partial charge in [0, 0.05) is 12.7 Å². The summed E-state index contributed by atoms with van der Waals surface area (Å²) in [7, 11) is 1.63. The van der Waals surface area contributed by atoms with Gasteiger partial charge in [0.15, 0.2) is 5.82 Å². The first kappa shape index (κ1) is 17.3. The minimum atomic E-state index is -0.584. The lowest BCUT2D eigenvalue weighted by Gasteiger charge is -2.10. The van der Waals surface area contributed by atoms with E-state index in [-0.39, 0.29) is 5.56 Å². The van der Waals surface area contributed by atoms with E-state index in [2.05, 4.69) is 25.8 Å². The SMILES string of the molecule is COc1ccc(CNc2n[nH]c(Nc3cccnc3)c2C(N)=O)c(C)c1. The number of primary amides is 1. The van der Waals surface area contributed by atoms with Crippen LogP contribution in [0.1, 0.15) is 21.5 Å². The Bertz CT molecular complexity index is 907. The predicted molar refractivity (Wildman–Crippen MR) is 99.7 cm³/mol. The molecule has 2 aromatic heterocycles. The molecule has 0 aliphatic rings. The summed E-state index contributed by atoms with van der Waals surface area (Å²) in [6.07, 6.45) is 3.30. The second kappa shape index (κ2) is 7.56. The fraction of sp³-hybridized carbons (Fsp3) is 0.167. The van der Waals surface area contributed by atoms with Crippen molar-refractivity contribution in [3.63, 3.8) is 0 Å². The number of ether oxygens (including phenoxy) is 1. The van der Waals surface area contributed by atoms with Crippen LogP contribution >= 0.6 is 0 Å². The lowest BCUT2D eigenvalue weighted by atomic mass is 10.1. The van der Waals surface area contributed by atoms with Crippen molar-refractivity contribution in [3.05, 3.63) is 59.4 Å². The van der Waals surface area contributed by atoms with Gasteiger partial charge in [-0.1, -0.05) is 6.07 Å². The number of benzene rings is 1. The highest BCUT2D eigenvalue weighted by atomic mass is 16.5. The summed E-state index contributed by atoms with van der Waals surface area (Å²) >= 11 is 0. The number of anilines is 3. The predicted octanol–water partition coefficient (Wildman–Crippen LogP) is 2.58. The summed E-state index contributed by atoms with van der Waals surface area (Å²) in [6, 6.07) is 9.41. The van der Waals surface area contributed by atoms with Crippen LogP contribution in [0.15, 0.2) is 42.7 Å². The Balaban J connectivity index is 1.79. The van der Waals surface area contributed by atoms with Crippen molar-refractivity contribution >= 4 is 23.2 Å². The van der Waals surface area contributed by atoms with Gasteiger partial charge < -0.3 is 21.1 Å². The average molecular weight is 352 g/mol. The average Bonchev–Trinajstić information content (AvgIpc) is 3.04. The van der Waals surface area contributed by atoms with E-state index in [0.29, 0.717) is 18.2 Å². The molecule has 0 bridgehead atoms. The van der Waals surface area contributed by atoms with Gasteiger partial charge >= 0.3 is 0 Å². The second-order valence-electron chi connectivity index (χ2n) is 5.70. The van der Waals surface area contributed by atoms with Gasteiger partial charge in [0.25, 0.3) is 5.91 Å². The summed E-state index contributed by atoms with van der Waals surface area (Å²) in [4.78, 5) is 15.9. The maximum absolute atomic E-state index is 11.9. The second-order valence-corrected chi connectivity index (χ2v) is 5.70. The zero-order valence-electron chi connectivity index (χ0n) is 14.5. The third-order valence-electron chi connectivity index (χ3n) is 3.94. The highest BCUT2D eigenvalue weighted by molar-refractivity contribution is 6.03. The number of nitrogens with zero attached hydrogens (tertiary/aromatic N) is 2. The molecule has 5 N–H and O–H groups in total. The number of nitrogens with two attached hydrogens (primary N) is 1. The minimum absolute atomic E-state index is 0.264. The molecule has 0 saturated carbocycles. The van der Waals surface area contributed by atoms with Crippen LogP contribution in [0.5, 0.6) is 5.75 Å². The number of carbonyl (C=O) groups excluding carboxylic acids is 1. The quantitative estimate of drug-likeness (QED) is 0.519. The molecule has 134 valence electrons. The van der Waals surface area contributed by atoms with Crippen molar-refractivity contribution in [1.82, 2.24) is 15.2 Å². The molecule has 1 aromatic carbocycles. The molecule has 2 heterocycles. The Morgan fingerprint density at radius 3 is 2.85 bits per heavy atom. The molecule has 26 heavy (non-hydrogen) atoms. The van der Waals surface area contributed by atoms with E-state index in [1.54, 1.807) is 25.6 Å². The molecule has 0 aliphatic carbocycles. The zero-order valence-corrected chi connectivity index (χ0v) is 14.5. The first-order chi connectivity index (χ1) is 12.6. The smallest absolute Gasteiger partial charge is 0.256 e. The minimum Gasteiger partial charge on any atom is -0.497 e. The van der Waals surface area contributed by atoms with E-state index in [1.807, 2.05) is 31.2 Å². The number of hydrogen-bond acceptors (Lipinski definition) is 6. The number of amides is 1. The number of aryl methyl sites for hydroxylation is 1. The van der Waals surface area contributed by atoms with E-state index in [4.69, 9.17) is 10.5 Å². The Labute approximate surface area is 150 Å². The molecule has 3 rings (SSSR count). The van der Waals surface area contributed by atoms with Crippen molar-refractivity contribution in [2.75, 3.05) is 17.7 Å². The monoisotopic (exact) mass is 352 g/mol. The summed E-state index contributed by atoms with van der Waals surface area (Å²) in [5, 5.41) is 13.2. The van der Waals surface area contributed by atoms with E-state index < -0.39 is 5.91 Å². The van der Waals surface area contributed by atoms with Gasteiger partial charge in [-0.2, -0.15) is 5.10 Å². The van der Waals surface area contributed by atoms with Crippen LogP contribution in [0.2, 0.25) is 0 Å². The largest absolute Gasteiger partial charge is 0.497 e. The van der Waals surface area contributed by atoms with Crippen LogP contribution < -0.4 is 21.1 Å². The molecular weight excluding hydrogens is 332 g/mol. The first-order valence-corrected chi connectivity index (χ1v) is 8.01. The summed E-state index contributed by atoms with van der Waals surface area (Å²) in [5.74, 6) is 1.02. The van der Waals surface area contributed by atoms with Gasteiger partial charge in [0.2, 0.25) is 0 Å². The fourth-order valence-electron chi connectivity index (χ4n) is 2.55. The standard InChI is InChI=1S/C18H20N6O2/c1-11-8-14(26-2)6-5-12(11)9-21-17-15(16(19)25)18(24-23-17)22-13-4-3-7-20-10-13/h3-8,10H,9H2,1-2H3,(H2,19,25)(H3,21,22,23,24). The lowest BCUT2D eigenvalue weighted by molar-refractivity contribution is 0.100. The number of aromatic amines is 1. The van der Waals surface area contributed by atoms with Crippen LogP contribution in [-0.4, -0.2) is 28.2 Å². The third kappa shape index (κ3) is 3.75. The van der Waals surface area contributed by atoms with Crippen LogP contribution in [0.3, 0.4) is 0 Å². The van der Waals surface area contributed by atoms with Crippen LogP contribution in [0.25, 0.3) is 0 Å². The van der Waals surface area contributed by atoms with Gasteiger partial charge in [-0.3, -0.25) is 14.9 Å². The molecule has 0 aliphatic heterocycles. The molecule has 0 saturated heterocycles. The molecule has 0 spiro atoms. The van der Waals surface area contributed by atoms with E-state index in [9.17, 15) is 4.79 Å². The molecule has 8 heteroatoms. The Kier molecular flexibility index (Phi) is 5.02. The Morgan fingerprint density at radius 2 is 2.19 bits per heavy atom. The molecule has 0 unspecified atom stereocenters. The van der Waals surface area contributed by atoms with E-state index in [1.165, 1.54) is 0 Å². The van der Waals surface area contributed by atoms with E-state index >= 15 is 0 Å². The van der Waals surface area contributed by atoms with E-state index in [0.717, 1.165) is 22.6 Å². The summed E-state index contributed by atoms with van der Waals surface area (Å²) in [6.45, 7) is 2.49. The lowest BCUT2D eigenvalue weighted by Crippen LogP contribution is -2.15. The molecule has 0 radical (unpaired) electrons. The molecule has 0 fully saturated rings.